The van der Waals surface area contributed by atoms with Gasteiger partial charge in [0.1, 0.15) is 22.0 Å². The Labute approximate surface area is 114 Å². The zero-order chi connectivity index (χ0) is 14.1. The zero-order valence-electron chi connectivity index (χ0n) is 10.6. The SMILES string of the molecule is CC(=O)C(C(=O)OC(C)(C)C)=C1SC(O)C(O)S1. The van der Waals surface area contributed by atoms with Crippen molar-refractivity contribution in [1.29, 1.82) is 0 Å². The summed E-state index contributed by atoms with van der Waals surface area (Å²) in [4.78, 5) is 23.4. The van der Waals surface area contributed by atoms with E-state index in [1.165, 1.54) is 6.92 Å². The van der Waals surface area contributed by atoms with Crippen LogP contribution in [0.5, 0.6) is 0 Å². The van der Waals surface area contributed by atoms with Crippen molar-refractivity contribution < 1.29 is 24.5 Å². The normalized spacial score (nSPS) is 24.0. The lowest BCUT2D eigenvalue weighted by Gasteiger charge is -2.20. The molecule has 0 saturated carbocycles. The summed E-state index contributed by atoms with van der Waals surface area (Å²) in [6.07, 6.45) is 0. The van der Waals surface area contributed by atoms with Crippen LogP contribution in [0.15, 0.2) is 9.81 Å². The second kappa shape index (κ2) is 5.64. The quantitative estimate of drug-likeness (QED) is 0.343. The van der Waals surface area contributed by atoms with Crippen LogP contribution in [0.25, 0.3) is 0 Å². The van der Waals surface area contributed by atoms with Gasteiger partial charge >= 0.3 is 5.97 Å². The molecule has 2 unspecified atom stereocenters. The maximum absolute atomic E-state index is 11.9. The van der Waals surface area contributed by atoms with Gasteiger partial charge in [0.2, 0.25) is 0 Å². The number of hydrogen-bond donors (Lipinski definition) is 2. The van der Waals surface area contributed by atoms with Gasteiger partial charge in [-0.15, -0.1) is 0 Å². The van der Waals surface area contributed by atoms with Gasteiger partial charge in [0, 0.05) is 0 Å². The van der Waals surface area contributed by atoms with E-state index >= 15 is 0 Å². The fraction of sp³-hybridized carbons (Fsp3) is 0.636. The molecule has 1 fully saturated rings. The van der Waals surface area contributed by atoms with Crippen molar-refractivity contribution >= 4 is 35.3 Å². The minimum Gasteiger partial charge on any atom is -0.456 e. The van der Waals surface area contributed by atoms with Crippen molar-refractivity contribution in [1.82, 2.24) is 0 Å². The number of thioether (sulfide) groups is 2. The minimum atomic E-state index is -1.04. The van der Waals surface area contributed by atoms with Crippen LogP contribution in [0.3, 0.4) is 0 Å². The highest BCUT2D eigenvalue weighted by molar-refractivity contribution is 8.25. The molecule has 2 atom stereocenters. The van der Waals surface area contributed by atoms with Crippen LogP contribution in [0.1, 0.15) is 27.7 Å². The molecule has 102 valence electrons. The van der Waals surface area contributed by atoms with Gasteiger partial charge in [-0.25, -0.2) is 4.79 Å². The van der Waals surface area contributed by atoms with Gasteiger partial charge in [-0.1, -0.05) is 23.5 Å². The standard InChI is InChI=1S/C11H16O5S2/c1-5(12)6(7(13)16-11(2,3)4)10-17-8(14)9(15)18-10/h8-9,14-15H,1-4H3. The molecule has 1 heterocycles. The second-order valence-electron chi connectivity index (χ2n) is 4.74. The Kier molecular flexibility index (Phi) is 4.88. The fourth-order valence-electron chi connectivity index (χ4n) is 1.18. The molecule has 0 bridgehead atoms. The average molecular weight is 292 g/mol. The van der Waals surface area contributed by atoms with Crippen LogP contribution in [-0.4, -0.2) is 38.4 Å². The highest BCUT2D eigenvalue weighted by Crippen LogP contribution is 2.46. The summed E-state index contributed by atoms with van der Waals surface area (Å²) in [6.45, 7) is 6.36. The van der Waals surface area contributed by atoms with Gasteiger partial charge < -0.3 is 14.9 Å². The van der Waals surface area contributed by atoms with E-state index in [-0.39, 0.29) is 5.57 Å². The Morgan fingerprint density at radius 3 is 1.94 bits per heavy atom. The first-order valence-corrected chi connectivity index (χ1v) is 7.06. The smallest absolute Gasteiger partial charge is 0.343 e. The molecule has 1 rings (SSSR count). The minimum absolute atomic E-state index is 0.115. The Morgan fingerprint density at radius 2 is 1.61 bits per heavy atom. The number of aliphatic hydroxyl groups is 2. The van der Waals surface area contributed by atoms with Crippen molar-refractivity contribution in [2.75, 3.05) is 0 Å². The molecule has 2 N–H and O–H groups in total. The molecule has 5 nitrogen and oxygen atoms in total. The van der Waals surface area contributed by atoms with Crippen LogP contribution in [0, 0.1) is 0 Å². The molecule has 0 radical (unpaired) electrons. The summed E-state index contributed by atoms with van der Waals surface area (Å²) in [5, 5.41) is 18.8. The molecule has 0 amide bonds. The van der Waals surface area contributed by atoms with E-state index < -0.39 is 28.2 Å². The topological polar surface area (TPSA) is 83.8 Å². The van der Waals surface area contributed by atoms with E-state index in [9.17, 15) is 19.8 Å². The van der Waals surface area contributed by atoms with Crippen molar-refractivity contribution in [3.63, 3.8) is 0 Å². The third-order valence-electron chi connectivity index (χ3n) is 1.86. The summed E-state index contributed by atoms with van der Waals surface area (Å²) >= 11 is 1.78. The van der Waals surface area contributed by atoms with Gasteiger partial charge in [0.15, 0.2) is 5.78 Å². The highest BCUT2D eigenvalue weighted by atomic mass is 32.2. The Morgan fingerprint density at radius 1 is 1.17 bits per heavy atom. The number of esters is 1. The van der Waals surface area contributed by atoms with Crippen molar-refractivity contribution in [3.05, 3.63) is 9.81 Å². The first kappa shape index (κ1) is 15.6. The summed E-state index contributed by atoms with van der Waals surface area (Å²) < 4.78 is 5.44. The molecule has 1 saturated heterocycles. The number of hydrogen-bond acceptors (Lipinski definition) is 7. The second-order valence-corrected chi connectivity index (χ2v) is 7.25. The third-order valence-corrected chi connectivity index (χ3v) is 4.44. The van der Waals surface area contributed by atoms with Gasteiger partial charge in [-0.2, -0.15) is 0 Å². The van der Waals surface area contributed by atoms with Crippen molar-refractivity contribution in [3.8, 4) is 0 Å². The van der Waals surface area contributed by atoms with Crippen LogP contribution >= 0.6 is 23.5 Å². The lowest BCUT2D eigenvalue weighted by Crippen LogP contribution is -2.27. The van der Waals surface area contributed by atoms with Gasteiger partial charge in [-0.3, -0.25) is 4.79 Å². The van der Waals surface area contributed by atoms with Crippen LogP contribution in [0.4, 0.5) is 0 Å². The van der Waals surface area contributed by atoms with Gasteiger partial charge in [-0.05, 0) is 27.7 Å². The fourth-order valence-corrected chi connectivity index (χ4v) is 3.69. The predicted octanol–water partition coefficient (Wildman–Crippen LogP) is 1.25. The maximum atomic E-state index is 11.9. The van der Waals surface area contributed by atoms with E-state index in [0.29, 0.717) is 4.24 Å². The third kappa shape index (κ3) is 4.01. The number of carbonyl (C=O) groups is 2. The van der Waals surface area contributed by atoms with Crippen LogP contribution in [0.2, 0.25) is 0 Å². The molecule has 0 spiro atoms. The number of carbonyl (C=O) groups excluding carboxylic acids is 2. The Bertz CT molecular complexity index is 385. The lowest BCUT2D eigenvalue weighted by molar-refractivity contribution is -0.150. The molecular formula is C11H16O5S2. The zero-order valence-corrected chi connectivity index (χ0v) is 12.2. The van der Waals surface area contributed by atoms with Crippen LogP contribution < -0.4 is 0 Å². The molecule has 0 aromatic carbocycles. The van der Waals surface area contributed by atoms with E-state index in [1.54, 1.807) is 20.8 Å². The number of ether oxygens (including phenoxy) is 1. The van der Waals surface area contributed by atoms with E-state index in [0.717, 1.165) is 23.5 Å². The van der Waals surface area contributed by atoms with E-state index in [1.807, 2.05) is 0 Å². The maximum Gasteiger partial charge on any atom is 0.343 e. The van der Waals surface area contributed by atoms with Gasteiger partial charge in [0.05, 0.1) is 4.24 Å². The highest BCUT2D eigenvalue weighted by Gasteiger charge is 2.35. The number of aliphatic hydroxyl groups excluding tert-OH is 2. The molecule has 7 heteroatoms. The van der Waals surface area contributed by atoms with E-state index in [2.05, 4.69) is 0 Å². The monoisotopic (exact) mass is 292 g/mol. The molecule has 1 aliphatic heterocycles. The van der Waals surface area contributed by atoms with E-state index in [4.69, 9.17) is 4.74 Å². The average Bonchev–Trinajstić information content (AvgIpc) is 2.42. The predicted molar refractivity (Wildman–Crippen MR) is 70.7 cm³/mol. The molecule has 0 aromatic heterocycles. The lowest BCUT2D eigenvalue weighted by atomic mass is 10.1. The number of Topliss-reactive ketones (excluding diaryl/α,β-unsaturated/α-hetero) is 1. The molecule has 1 aliphatic rings. The summed E-state index contributed by atoms with van der Waals surface area (Å²) in [5.74, 6) is -1.17. The molecule has 18 heavy (non-hydrogen) atoms. The van der Waals surface area contributed by atoms with Crippen LogP contribution in [-0.2, 0) is 14.3 Å². The summed E-state index contributed by atoms with van der Waals surface area (Å²) in [7, 11) is 0. The Hall–Kier alpha value is -0.500. The first-order valence-electron chi connectivity index (χ1n) is 5.30. The molecular weight excluding hydrogens is 276 g/mol. The summed E-state index contributed by atoms with van der Waals surface area (Å²) in [5.41, 5.74) is -2.90. The Balaban J connectivity index is 3.01. The molecule has 0 aliphatic carbocycles. The largest absolute Gasteiger partial charge is 0.456 e. The summed E-state index contributed by atoms with van der Waals surface area (Å²) in [6, 6.07) is 0. The number of ketones is 1. The van der Waals surface area contributed by atoms with Gasteiger partial charge in [0.25, 0.3) is 0 Å². The first-order chi connectivity index (χ1) is 8.11. The number of rotatable bonds is 2. The van der Waals surface area contributed by atoms with Crippen molar-refractivity contribution in [2.45, 2.75) is 44.2 Å². The van der Waals surface area contributed by atoms with Crippen molar-refractivity contribution in [2.24, 2.45) is 0 Å². The molecule has 0 aromatic rings.